The molecule has 1 fully saturated rings. The molecule has 17 heavy (non-hydrogen) atoms. The molecule has 2 atom stereocenters. The fourth-order valence-electron chi connectivity index (χ4n) is 2.78. The topological polar surface area (TPSA) is 9.23 Å². The molecule has 0 aromatic rings. The summed E-state index contributed by atoms with van der Waals surface area (Å²) in [5, 5.41) is 0. The molecule has 1 aliphatic heterocycles. The van der Waals surface area contributed by atoms with Crippen molar-refractivity contribution in [2.45, 2.75) is 103 Å². The number of hydrogen-bond acceptors (Lipinski definition) is 1. The summed E-state index contributed by atoms with van der Waals surface area (Å²) in [6, 6.07) is 0. The molecule has 0 bridgehead atoms. The zero-order chi connectivity index (χ0) is 12.3. The first-order valence-corrected chi connectivity index (χ1v) is 7.98. The van der Waals surface area contributed by atoms with E-state index in [1.165, 1.54) is 77.0 Å². The second-order valence-corrected chi connectivity index (χ2v) is 5.76. The van der Waals surface area contributed by atoms with E-state index in [2.05, 4.69) is 13.8 Å². The van der Waals surface area contributed by atoms with Crippen molar-refractivity contribution >= 4 is 0 Å². The minimum absolute atomic E-state index is 0.526. The third-order valence-electron chi connectivity index (χ3n) is 3.95. The van der Waals surface area contributed by atoms with Crippen LogP contribution in [0.2, 0.25) is 0 Å². The van der Waals surface area contributed by atoms with Crippen LogP contribution in [0.1, 0.15) is 90.9 Å². The number of hydrogen-bond donors (Lipinski definition) is 0. The normalized spacial score (nSPS) is 24.4. The Balaban J connectivity index is 1.75. The maximum absolute atomic E-state index is 5.83. The largest absolute Gasteiger partial charge is 0.375 e. The highest BCUT2D eigenvalue weighted by Crippen LogP contribution is 2.23. The SMILES string of the molecule is CCCCCCCCCCCC1CCC(C)O1. The monoisotopic (exact) mass is 240 g/mol. The molecule has 0 aromatic carbocycles. The van der Waals surface area contributed by atoms with Gasteiger partial charge in [0.25, 0.3) is 0 Å². The van der Waals surface area contributed by atoms with Crippen molar-refractivity contribution in [1.29, 1.82) is 0 Å². The van der Waals surface area contributed by atoms with E-state index in [-0.39, 0.29) is 0 Å². The van der Waals surface area contributed by atoms with Crippen molar-refractivity contribution in [3.8, 4) is 0 Å². The maximum atomic E-state index is 5.83. The van der Waals surface area contributed by atoms with Crippen molar-refractivity contribution in [3.05, 3.63) is 0 Å². The van der Waals surface area contributed by atoms with E-state index in [4.69, 9.17) is 4.74 Å². The van der Waals surface area contributed by atoms with Crippen molar-refractivity contribution in [3.63, 3.8) is 0 Å². The summed E-state index contributed by atoms with van der Waals surface area (Å²) in [6.45, 7) is 4.49. The standard InChI is InChI=1S/C16H32O/c1-3-4-5-6-7-8-9-10-11-12-16-14-13-15(2)17-16/h15-16H,3-14H2,1-2H3. The van der Waals surface area contributed by atoms with Gasteiger partial charge < -0.3 is 4.74 Å². The molecule has 1 aliphatic rings. The molecular weight excluding hydrogens is 208 g/mol. The van der Waals surface area contributed by atoms with Gasteiger partial charge >= 0.3 is 0 Å². The van der Waals surface area contributed by atoms with Crippen molar-refractivity contribution < 1.29 is 4.74 Å². The molecule has 1 heteroatoms. The minimum atomic E-state index is 0.526. The molecule has 1 rings (SSSR count). The summed E-state index contributed by atoms with van der Waals surface area (Å²) in [5.41, 5.74) is 0. The van der Waals surface area contributed by atoms with Gasteiger partial charge in [-0.1, -0.05) is 64.7 Å². The zero-order valence-electron chi connectivity index (χ0n) is 12.0. The predicted octanol–water partition coefficient (Wildman–Crippen LogP) is 5.47. The molecule has 0 aliphatic carbocycles. The van der Waals surface area contributed by atoms with Crippen LogP contribution < -0.4 is 0 Å². The van der Waals surface area contributed by atoms with E-state index in [1.807, 2.05) is 0 Å². The number of ether oxygens (including phenoxy) is 1. The Morgan fingerprint density at radius 2 is 1.41 bits per heavy atom. The van der Waals surface area contributed by atoms with Gasteiger partial charge in [-0.05, 0) is 26.2 Å². The summed E-state index contributed by atoms with van der Waals surface area (Å²) >= 11 is 0. The van der Waals surface area contributed by atoms with Gasteiger partial charge in [0.1, 0.15) is 0 Å². The molecule has 0 radical (unpaired) electrons. The average molecular weight is 240 g/mol. The van der Waals surface area contributed by atoms with Gasteiger partial charge in [0.15, 0.2) is 0 Å². The highest BCUT2D eigenvalue weighted by Gasteiger charge is 2.20. The third kappa shape index (κ3) is 7.81. The lowest BCUT2D eigenvalue weighted by molar-refractivity contribution is 0.0494. The van der Waals surface area contributed by atoms with E-state index in [0.29, 0.717) is 12.2 Å². The maximum Gasteiger partial charge on any atom is 0.0579 e. The van der Waals surface area contributed by atoms with Gasteiger partial charge in [-0.25, -0.2) is 0 Å². The van der Waals surface area contributed by atoms with E-state index in [0.717, 1.165) is 0 Å². The summed E-state index contributed by atoms with van der Waals surface area (Å²) in [7, 11) is 0. The van der Waals surface area contributed by atoms with Crippen LogP contribution in [0.25, 0.3) is 0 Å². The Morgan fingerprint density at radius 1 is 0.824 bits per heavy atom. The van der Waals surface area contributed by atoms with Gasteiger partial charge in [0, 0.05) is 0 Å². The average Bonchev–Trinajstić information content (AvgIpc) is 2.73. The van der Waals surface area contributed by atoms with Crippen LogP contribution in [0, 0.1) is 0 Å². The first kappa shape index (κ1) is 15.0. The van der Waals surface area contributed by atoms with Crippen LogP contribution in [-0.2, 0) is 4.74 Å². The van der Waals surface area contributed by atoms with E-state index in [9.17, 15) is 0 Å². The zero-order valence-corrected chi connectivity index (χ0v) is 12.0. The fraction of sp³-hybridized carbons (Fsp3) is 1.00. The van der Waals surface area contributed by atoms with Crippen LogP contribution in [0.5, 0.6) is 0 Å². The van der Waals surface area contributed by atoms with E-state index < -0.39 is 0 Å². The molecule has 1 nitrogen and oxygen atoms in total. The smallest absolute Gasteiger partial charge is 0.0579 e. The molecule has 0 spiro atoms. The summed E-state index contributed by atoms with van der Waals surface area (Å²) in [4.78, 5) is 0. The molecule has 102 valence electrons. The second kappa shape index (κ2) is 9.94. The summed E-state index contributed by atoms with van der Waals surface area (Å²) < 4.78 is 5.83. The van der Waals surface area contributed by atoms with Gasteiger partial charge in [0.2, 0.25) is 0 Å². The Morgan fingerprint density at radius 3 is 1.94 bits per heavy atom. The molecule has 0 N–H and O–H groups in total. The Labute approximate surface area is 108 Å². The summed E-state index contributed by atoms with van der Waals surface area (Å²) in [6.07, 6.45) is 17.8. The Hall–Kier alpha value is -0.0400. The Kier molecular flexibility index (Phi) is 8.78. The molecule has 1 saturated heterocycles. The number of rotatable bonds is 10. The van der Waals surface area contributed by atoms with Gasteiger partial charge in [0.05, 0.1) is 12.2 Å². The van der Waals surface area contributed by atoms with Crippen LogP contribution >= 0.6 is 0 Å². The molecule has 0 saturated carbocycles. The van der Waals surface area contributed by atoms with E-state index in [1.54, 1.807) is 0 Å². The van der Waals surface area contributed by atoms with Crippen LogP contribution in [0.3, 0.4) is 0 Å². The predicted molar refractivity (Wildman–Crippen MR) is 75.4 cm³/mol. The quantitative estimate of drug-likeness (QED) is 0.460. The number of unbranched alkanes of at least 4 members (excludes halogenated alkanes) is 8. The minimum Gasteiger partial charge on any atom is -0.375 e. The van der Waals surface area contributed by atoms with Crippen LogP contribution in [0.4, 0.5) is 0 Å². The lowest BCUT2D eigenvalue weighted by Crippen LogP contribution is -2.07. The van der Waals surface area contributed by atoms with Crippen molar-refractivity contribution in [1.82, 2.24) is 0 Å². The molecular formula is C16H32O. The summed E-state index contributed by atoms with van der Waals surface area (Å²) in [5.74, 6) is 0. The molecule has 2 unspecified atom stereocenters. The van der Waals surface area contributed by atoms with E-state index >= 15 is 0 Å². The lowest BCUT2D eigenvalue weighted by Gasteiger charge is -2.10. The van der Waals surface area contributed by atoms with Crippen molar-refractivity contribution in [2.24, 2.45) is 0 Å². The van der Waals surface area contributed by atoms with Gasteiger partial charge in [-0.15, -0.1) is 0 Å². The van der Waals surface area contributed by atoms with Gasteiger partial charge in [-0.3, -0.25) is 0 Å². The third-order valence-corrected chi connectivity index (χ3v) is 3.95. The fourth-order valence-corrected chi connectivity index (χ4v) is 2.78. The molecule has 0 amide bonds. The molecule has 0 aromatic heterocycles. The highest BCUT2D eigenvalue weighted by molar-refractivity contribution is 4.70. The highest BCUT2D eigenvalue weighted by atomic mass is 16.5. The lowest BCUT2D eigenvalue weighted by atomic mass is 10.0. The van der Waals surface area contributed by atoms with Crippen LogP contribution in [-0.4, -0.2) is 12.2 Å². The first-order chi connectivity index (χ1) is 8.33. The van der Waals surface area contributed by atoms with Crippen LogP contribution in [0.15, 0.2) is 0 Å². The van der Waals surface area contributed by atoms with Crippen molar-refractivity contribution in [2.75, 3.05) is 0 Å². The molecule has 1 heterocycles. The van der Waals surface area contributed by atoms with Gasteiger partial charge in [-0.2, -0.15) is 0 Å². The Bertz CT molecular complexity index is 167. The second-order valence-electron chi connectivity index (χ2n) is 5.76. The first-order valence-electron chi connectivity index (χ1n) is 7.98.